The summed E-state index contributed by atoms with van der Waals surface area (Å²) in [7, 11) is 0. The predicted molar refractivity (Wildman–Crippen MR) is 120 cm³/mol. The van der Waals surface area contributed by atoms with Gasteiger partial charge in [0.25, 0.3) is 5.89 Å². The van der Waals surface area contributed by atoms with Crippen LogP contribution in [0.2, 0.25) is 0 Å². The fourth-order valence-electron chi connectivity index (χ4n) is 3.95. The van der Waals surface area contributed by atoms with Crippen molar-refractivity contribution >= 4 is 6.21 Å². The molecule has 3 N–H and O–H groups in total. The van der Waals surface area contributed by atoms with E-state index in [1.807, 2.05) is 30.3 Å². The molecule has 0 bridgehead atoms. The fourth-order valence-corrected chi connectivity index (χ4v) is 3.95. The third-order valence-electron chi connectivity index (χ3n) is 5.42. The summed E-state index contributed by atoms with van der Waals surface area (Å²) in [6, 6.07) is 12.0. The van der Waals surface area contributed by atoms with Crippen molar-refractivity contribution in [2.45, 2.75) is 32.7 Å². The Morgan fingerprint density at radius 2 is 2.19 bits per heavy atom. The largest absolute Gasteiger partial charge is 0.493 e. The minimum absolute atomic E-state index is 0.124. The van der Waals surface area contributed by atoms with E-state index in [1.165, 1.54) is 17.3 Å². The minimum Gasteiger partial charge on any atom is -0.493 e. The van der Waals surface area contributed by atoms with Crippen molar-refractivity contribution in [3.63, 3.8) is 0 Å². The van der Waals surface area contributed by atoms with Crippen molar-refractivity contribution in [1.29, 1.82) is 5.41 Å². The van der Waals surface area contributed by atoms with E-state index in [0.717, 1.165) is 24.0 Å². The van der Waals surface area contributed by atoms with Gasteiger partial charge in [-0.1, -0.05) is 37.2 Å². The Hall–Kier alpha value is -3.03. The van der Waals surface area contributed by atoms with Crippen LogP contribution >= 0.6 is 0 Å². The van der Waals surface area contributed by atoms with Crippen molar-refractivity contribution in [1.82, 2.24) is 15.5 Å². The second-order valence-corrected chi connectivity index (χ2v) is 8.17. The summed E-state index contributed by atoms with van der Waals surface area (Å²) in [6.45, 7) is 5.47. The van der Waals surface area contributed by atoms with Crippen LogP contribution in [0.25, 0.3) is 22.8 Å². The van der Waals surface area contributed by atoms with Gasteiger partial charge in [0.05, 0.1) is 13.2 Å². The molecule has 0 saturated carbocycles. The number of hydrogen-bond donors (Lipinski definition) is 3. The van der Waals surface area contributed by atoms with E-state index in [1.54, 1.807) is 0 Å². The summed E-state index contributed by atoms with van der Waals surface area (Å²) in [5, 5.41) is 24.5. The molecule has 0 amide bonds. The van der Waals surface area contributed by atoms with Gasteiger partial charge >= 0.3 is 0 Å². The van der Waals surface area contributed by atoms with E-state index in [4.69, 9.17) is 19.8 Å². The Labute approximate surface area is 182 Å². The van der Waals surface area contributed by atoms with Crippen molar-refractivity contribution in [2.75, 3.05) is 19.8 Å². The van der Waals surface area contributed by atoms with Gasteiger partial charge in [0.1, 0.15) is 5.75 Å². The van der Waals surface area contributed by atoms with E-state index in [-0.39, 0.29) is 12.6 Å². The van der Waals surface area contributed by atoms with Crippen molar-refractivity contribution in [3.05, 3.63) is 53.1 Å². The summed E-state index contributed by atoms with van der Waals surface area (Å²) < 4.78 is 11.4. The van der Waals surface area contributed by atoms with Gasteiger partial charge in [-0.05, 0) is 48.1 Å². The first-order chi connectivity index (χ1) is 15.1. The molecular formula is C24H28N4O3. The number of nitrogens with zero attached hydrogens (tertiary/aromatic N) is 2. The zero-order valence-electron chi connectivity index (χ0n) is 17.9. The van der Waals surface area contributed by atoms with E-state index in [0.29, 0.717) is 42.1 Å². The molecule has 0 aliphatic heterocycles. The Kier molecular flexibility index (Phi) is 6.44. The fraction of sp³-hybridized carbons (Fsp3) is 0.375. The summed E-state index contributed by atoms with van der Waals surface area (Å²) in [5.41, 5.74) is 4.86. The molecule has 4 rings (SSSR count). The number of nitrogens with one attached hydrogen (secondary N) is 2. The van der Waals surface area contributed by atoms with Crippen LogP contribution in [0.15, 0.2) is 40.9 Å². The van der Waals surface area contributed by atoms with E-state index in [9.17, 15) is 0 Å². The molecule has 1 aliphatic carbocycles. The maximum Gasteiger partial charge on any atom is 0.258 e. The standard InChI is InChI=1S/C24H28N4O3/c1-15(2)14-30-22-9-6-16(12-17(22)13-25)24-27-23(28-31-24)20-5-3-4-19-18(20)7-8-21(19)26-10-11-29/h3-6,9,12-13,15,21,25-26,29H,7-8,10-11,14H2,1-2H3. The van der Waals surface area contributed by atoms with Crippen LogP contribution < -0.4 is 10.1 Å². The monoisotopic (exact) mass is 420 g/mol. The molecule has 0 spiro atoms. The van der Waals surface area contributed by atoms with E-state index in [2.05, 4.69) is 35.4 Å². The average molecular weight is 421 g/mol. The van der Waals surface area contributed by atoms with Crippen LogP contribution in [0.1, 0.15) is 43.0 Å². The zero-order valence-corrected chi connectivity index (χ0v) is 17.9. The van der Waals surface area contributed by atoms with Crippen LogP contribution in [0.3, 0.4) is 0 Å². The molecule has 7 heteroatoms. The lowest BCUT2D eigenvalue weighted by Crippen LogP contribution is -2.22. The smallest absolute Gasteiger partial charge is 0.258 e. The highest BCUT2D eigenvalue weighted by molar-refractivity contribution is 5.83. The first-order valence-electron chi connectivity index (χ1n) is 10.7. The van der Waals surface area contributed by atoms with Crippen molar-refractivity contribution in [2.24, 2.45) is 5.92 Å². The Morgan fingerprint density at radius 1 is 1.32 bits per heavy atom. The number of rotatable bonds is 9. The first-order valence-corrected chi connectivity index (χ1v) is 10.7. The number of aromatic nitrogens is 2. The number of hydrogen-bond acceptors (Lipinski definition) is 7. The number of aliphatic hydroxyl groups is 1. The highest BCUT2D eigenvalue weighted by Gasteiger charge is 2.26. The summed E-state index contributed by atoms with van der Waals surface area (Å²) >= 11 is 0. The third kappa shape index (κ3) is 4.52. The number of aliphatic hydroxyl groups excluding tert-OH is 1. The van der Waals surface area contributed by atoms with Crippen LogP contribution in [0.4, 0.5) is 0 Å². The van der Waals surface area contributed by atoms with Gasteiger partial charge in [-0.2, -0.15) is 4.98 Å². The summed E-state index contributed by atoms with van der Waals surface area (Å²) in [6.07, 6.45) is 3.19. The molecule has 1 heterocycles. The first kappa shape index (κ1) is 21.2. The molecule has 1 unspecified atom stereocenters. The summed E-state index contributed by atoms with van der Waals surface area (Å²) in [5.74, 6) is 2.06. The molecule has 1 aromatic heterocycles. The van der Waals surface area contributed by atoms with Gasteiger partial charge in [0.2, 0.25) is 5.82 Å². The SMILES string of the molecule is CC(C)COc1ccc(-c2nc(-c3cccc4c3CCC4NCCO)no2)cc1C=N. The maximum absolute atomic E-state index is 9.11. The normalized spacial score (nSPS) is 15.3. The third-order valence-corrected chi connectivity index (χ3v) is 5.42. The second kappa shape index (κ2) is 9.41. The van der Waals surface area contributed by atoms with E-state index < -0.39 is 0 Å². The van der Waals surface area contributed by atoms with Gasteiger partial charge in [0, 0.05) is 35.5 Å². The Morgan fingerprint density at radius 3 is 2.97 bits per heavy atom. The predicted octanol–water partition coefficient (Wildman–Crippen LogP) is 4.01. The minimum atomic E-state index is 0.124. The molecule has 3 aromatic rings. The molecule has 1 atom stereocenters. The lowest BCUT2D eigenvalue weighted by molar-refractivity contribution is 0.270. The van der Waals surface area contributed by atoms with Crippen LogP contribution in [0.5, 0.6) is 5.75 Å². The average Bonchev–Trinajstić information content (AvgIpc) is 3.43. The molecule has 2 aromatic carbocycles. The zero-order chi connectivity index (χ0) is 21.8. The molecule has 162 valence electrons. The molecule has 0 saturated heterocycles. The van der Waals surface area contributed by atoms with Crippen LogP contribution in [-0.4, -0.2) is 41.2 Å². The lowest BCUT2D eigenvalue weighted by Gasteiger charge is -2.13. The molecule has 0 fully saturated rings. The van der Waals surface area contributed by atoms with Crippen molar-refractivity contribution < 1.29 is 14.4 Å². The highest BCUT2D eigenvalue weighted by Crippen LogP contribution is 2.37. The second-order valence-electron chi connectivity index (χ2n) is 8.17. The molecule has 0 radical (unpaired) electrons. The highest BCUT2D eigenvalue weighted by atomic mass is 16.5. The van der Waals surface area contributed by atoms with Gasteiger partial charge in [-0.3, -0.25) is 0 Å². The quantitative estimate of drug-likeness (QED) is 0.452. The Bertz CT molecular complexity index is 1060. The van der Waals surface area contributed by atoms with Crippen molar-refractivity contribution in [3.8, 4) is 28.6 Å². The molecule has 1 aliphatic rings. The molecule has 31 heavy (non-hydrogen) atoms. The van der Waals surface area contributed by atoms with Crippen LogP contribution in [-0.2, 0) is 6.42 Å². The number of benzene rings is 2. The molecular weight excluding hydrogens is 392 g/mol. The Balaban J connectivity index is 1.60. The van der Waals surface area contributed by atoms with Gasteiger partial charge < -0.3 is 25.1 Å². The topological polar surface area (TPSA) is 104 Å². The van der Waals surface area contributed by atoms with Gasteiger partial charge in [0.15, 0.2) is 0 Å². The molecule has 7 nitrogen and oxygen atoms in total. The lowest BCUT2D eigenvalue weighted by atomic mass is 10.0. The summed E-state index contributed by atoms with van der Waals surface area (Å²) in [4.78, 5) is 4.64. The van der Waals surface area contributed by atoms with Gasteiger partial charge in [-0.25, -0.2) is 0 Å². The maximum atomic E-state index is 9.11. The van der Waals surface area contributed by atoms with Gasteiger partial charge in [-0.15, -0.1) is 0 Å². The van der Waals surface area contributed by atoms with Crippen LogP contribution in [0, 0.1) is 11.3 Å². The van der Waals surface area contributed by atoms with E-state index >= 15 is 0 Å². The number of fused-ring (bicyclic) bond motifs is 1. The number of ether oxygens (including phenoxy) is 1.